The fraction of sp³-hybridized carbons (Fsp3) is 0.583. The first-order valence-electron chi connectivity index (χ1n) is 5.56. The minimum absolute atomic E-state index is 0.0137. The van der Waals surface area contributed by atoms with Gasteiger partial charge in [0.1, 0.15) is 0 Å². The number of carboxylic acids is 1. The molecule has 4 nitrogen and oxygen atoms in total. The van der Waals surface area contributed by atoms with Gasteiger partial charge in [-0.1, -0.05) is 13.8 Å². The highest BCUT2D eigenvalue weighted by atomic mass is 16.4. The van der Waals surface area contributed by atoms with Crippen molar-refractivity contribution >= 4 is 11.9 Å². The Bertz CT molecular complexity index is 385. The Morgan fingerprint density at radius 1 is 1.38 bits per heavy atom. The van der Waals surface area contributed by atoms with Crippen molar-refractivity contribution in [2.75, 3.05) is 18.0 Å². The van der Waals surface area contributed by atoms with E-state index in [4.69, 9.17) is 9.52 Å². The van der Waals surface area contributed by atoms with Crippen LogP contribution in [0.5, 0.6) is 0 Å². The van der Waals surface area contributed by atoms with Crippen LogP contribution in [0.25, 0.3) is 0 Å². The van der Waals surface area contributed by atoms with Gasteiger partial charge in [-0.25, -0.2) is 4.79 Å². The zero-order chi connectivity index (χ0) is 11.8. The number of rotatable bonds is 2. The Morgan fingerprint density at radius 2 is 2.00 bits per heavy atom. The average molecular weight is 223 g/mol. The predicted octanol–water partition coefficient (Wildman–Crippen LogP) is 2.60. The van der Waals surface area contributed by atoms with Gasteiger partial charge in [-0.15, -0.1) is 0 Å². The second-order valence-corrected chi connectivity index (χ2v) is 5.09. The van der Waals surface area contributed by atoms with Gasteiger partial charge in [-0.3, -0.25) is 0 Å². The molecular weight excluding hydrogens is 206 g/mol. The maximum Gasteiger partial charge on any atom is 0.371 e. The van der Waals surface area contributed by atoms with Crippen LogP contribution in [0.3, 0.4) is 0 Å². The average Bonchev–Trinajstić information content (AvgIpc) is 2.66. The number of hydrogen-bond acceptors (Lipinski definition) is 3. The number of anilines is 1. The van der Waals surface area contributed by atoms with E-state index in [-0.39, 0.29) is 5.76 Å². The molecule has 4 heteroatoms. The Balaban J connectivity index is 2.05. The van der Waals surface area contributed by atoms with Crippen molar-refractivity contribution in [2.24, 2.45) is 5.41 Å². The van der Waals surface area contributed by atoms with Crippen molar-refractivity contribution in [2.45, 2.75) is 26.7 Å². The summed E-state index contributed by atoms with van der Waals surface area (Å²) in [6.45, 7) is 6.38. The Hall–Kier alpha value is -1.45. The third kappa shape index (κ3) is 2.21. The molecule has 1 aliphatic heterocycles. The molecule has 2 heterocycles. The summed E-state index contributed by atoms with van der Waals surface area (Å²) in [6.07, 6.45) is 2.21. The van der Waals surface area contributed by atoms with Gasteiger partial charge in [0, 0.05) is 19.2 Å². The minimum Gasteiger partial charge on any atom is -0.475 e. The van der Waals surface area contributed by atoms with Crippen LogP contribution in [-0.4, -0.2) is 24.2 Å². The summed E-state index contributed by atoms with van der Waals surface area (Å²) in [4.78, 5) is 12.8. The fourth-order valence-electron chi connectivity index (χ4n) is 1.95. The molecule has 16 heavy (non-hydrogen) atoms. The number of carboxylic acid groups (broad SMARTS) is 1. The van der Waals surface area contributed by atoms with Gasteiger partial charge in [0.05, 0.1) is 0 Å². The molecule has 2 rings (SSSR count). The molecule has 0 amide bonds. The van der Waals surface area contributed by atoms with E-state index in [1.54, 1.807) is 6.07 Å². The lowest BCUT2D eigenvalue weighted by Gasteiger charge is -2.36. The predicted molar refractivity (Wildman–Crippen MR) is 60.9 cm³/mol. The summed E-state index contributed by atoms with van der Waals surface area (Å²) < 4.78 is 5.28. The first-order chi connectivity index (χ1) is 7.48. The first kappa shape index (κ1) is 11.0. The zero-order valence-electron chi connectivity index (χ0n) is 9.69. The van der Waals surface area contributed by atoms with E-state index in [2.05, 4.69) is 18.7 Å². The van der Waals surface area contributed by atoms with E-state index in [0.29, 0.717) is 11.3 Å². The summed E-state index contributed by atoms with van der Waals surface area (Å²) in [5, 5.41) is 8.77. The van der Waals surface area contributed by atoms with Crippen LogP contribution < -0.4 is 4.90 Å². The Morgan fingerprint density at radius 3 is 2.50 bits per heavy atom. The number of aromatic carboxylic acids is 1. The van der Waals surface area contributed by atoms with E-state index in [0.717, 1.165) is 25.9 Å². The normalized spacial score (nSPS) is 19.8. The van der Waals surface area contributed by atoms with Crippen molar-refractivity contribution in [3.05, 3.63) is 17.9 Å². The standard InChI is InChI=1S/C12H17NO3/c1-12(2)5-7-13(8-6-12)10-4-3-9(16-10)11(14)15/h3-4H,5-8H2,1-2H3,(H,14,15). The minimum atomic E-state index is -1.01. The molecule has 0 bridgehead atoms. The van der Waals surface area contributed by atoms with Gasteiger partial charge in [-0.05, 0) is 24.3 Å². The lowest BCUT2D eigenvalue weighted by Crippen LogP contribution is -2.37. The summed E-state index contributed by atoms with van der Waals surface area (Å²) in [6, 6.07) is 3.25. The van der Waals surface area contributed by atoms with E-state index >= 15 is 0 Å². The largest absolute Gasteiger partial charge is 0.475 e. The summed E-state index contributed by atoms with van der Waals surface area (Å²) >= 11 is 0. The van der Waals surface area contributed by atoms with Crippen LogP contribution in [0.2, 0.25) is 0 Å². The van der Waals surface area contributed by atoms with E-state index in [1.165, 1.54) is 6.07 Å². The van der Waals surface area contributed by atoms with Crippen LogP contribution in [0.4, 0.5) is 5.88 Å². The molecule has 88 valence electrons. The highest BCUT2D eigenvalue weighted by Crippen LogP contribution is 2.32. The van der Waals surface area contributed by atoms with Crippen molar-refractivity contribution in [3.8, 4) is 0 Å². The molecule has 0 saturated carbocycles. The molecule has 0 aliphatic carbocycles. The lowest BCUT2D eigenvalue weighted by atomic mass is 9.83. The number of piperidine rings is 1. The van der Waals surface area contributed by atoms with Crippen LogP contribution in [0, 0.1) is 5.41 Å². The lowest BCUT2D eigenvalue weighted by molar-refractivity contribution is 0.0662. The van der Waals surface area contributed by atoms with E-state index in [9.17, 15) is 4.79 Å². The molecule has 0 atom stereocenters. The molecule has 0 spiro atoms. The maximum atomic E-state index is 10.7. The van der Waals surface area contributed by atoms with Gasteiger partial charge in [0.15, 0.2) is 5.88 Å². The third-order valence-electron chi connectivity index (χ3n) is 3.23. The van der Waals surface area contributed by atoms with E-state index < -0.39 is 5.97 Å². The van der Waals surface area contributed by atoms with Crippen molar-refractivity contribution in [3.63, 3.8) is 0 Å². The second-order valence-electron chi connectivity index (χ2n) is 5.09. The first-order valence-corrected chi connectivity index (χ1v) is 5.56. The van der Waals surface area contributed by atoms with Gasteiger partial charge in [0.2, 0.25) is 5.76 Å². The SMILES string of the molecule is CC1(C)CCN(c2ccc(C(=O)O)o2)CC1. The van der Waals surface area contributed by atoms with Crippen molar-refractivity contribution in [1.29, 1.82) is 0 Å². The molecule has 0 aromatic carbocycles. The summed E-state index contributed by atoms with van der Waals surface area (Å²) in [5.74, 6) is -0.323. The molecule has 1 aromatic heterocycles. The van der Waals surface area contributed by atoms with Crippen LogP contribution >= 0.6 is 0 Å². The van der Waals surface area contributed by atoms with Crippen molar-refractivity contribution < 1.29 is 14.3 Å². The highest BCUT2D eigenvalue weighted by molar-refractivity contribution is 5.84. The molecule has 0 radical (unpaired) electrons. The quantitative estimate of drug-likeness (QED) is 0.837. The molecule has 0 unspecified atom stereocenters. The Labute approximate surface area is 94.9 Å². The molecule has 1 saturated heterocycles. The Kier molecular flexibility index (Phi) is 2.66. The van der Waals surface area contributed by atoms with E-state index in [1.807, 2.05) is 0 Å². The number of nitrogens with zero attached hydrogens (tertiary/aromatic N) is 1. The van der Waals surface area contributed by atoms with Crippen LogP contribution in [0.1, 0.15) is 37.2 Å². The van der Waals surface area contributed by atoms with Gasteiger partial charge < -0.3 is 14.4 Å². The second kappa shape index (κ2) is 3.85. The number of hydrogen-bond donors (Lipinski definition) is 1. The molecule has 1 fully saturated rings. The molecular formula is C12H17NO3. The summed E-state index contributed by atoms with van der Waals surface area (Å²) in [7, 11) is 0. The fourth-order valence-corrected chi connectivity index (χ4v) is 1.95. The van der Waals surface area contributed by atoms with Gasteiger partial charge in [0.25, 0.3) is 0 Å². The van der Waals surface area contributed by atoms with Crippen LogP contribution in [0.15, 0.2) is 16.5 Å². The monoisotopic (exact) mass is 223 g/mol. The van der Waals surface area contributed by atoms with Crippen molar-refractivity contribution in [1.82, 2.24) is 0 Å². The topological polar surface area (TPSA) is 53.7 Å². The molecule has 1 N–H and O–H groups in total. The number of carbonyl (C=O) groups is 1. The molecule has 1 aliphatic rings. The van der Waals surface area contributed by atoms with Gasteiger partial charge in [-0.2, -0.15) is 0 Å². The van der Waals surface area contributed by atoms with Crippen LogP contribution in [-0.2, 0) is 0 Å². The maximum absolute atomic E-state index is 10.7. The number of furan rings is 1. The van der Waals surface area contributed by atoms with Gasteiger partial charge >= 0.3 is 5.97 Å². The highest BCUT2D eigenvalue weighted by Gasteiger charge is 2.27. The summed E-state index contributed by atoms with van der Waals surface area (Å²) in [5.41, 5.74) is 0.388. The third-order valence-corrected chi connectivity index (χ3v) is 3.23. The zero-order valence-corrected chi connectivity index (χ0v) is 9.69. The smallest absolute Gasteiger partial charge is 0.371 e. The molecule has 1 aromatic rings.